The number of nitrogens with two attached hydrogens (primary N) is 1. The van der Waals surface area contributed by atoms with E-state index >= 15 is 0 Å². The molecule has 4 N–H and O–H groups in total. The lowest BCUT2D eigenvalue weighted by Crippen LogP contribution is -2.64. The molecule has 4 rings (SSSR count). The van der Waals surface area contributed by atoms with E-state index in [1.54, 1.807) is 0 Å². The van der Waals surface area contributed by atoms with E-state index in [2.05, 4.69) is 15.3 Å². The molecule has 2 atom stereocenters. The van der Waals surface area contributed by atoms with Gasteiger partial charge in [-0.05, 0) is 18.1 Å². The first-order valence-corrected chi connectivity index (χ1v) is 15.0. The standard InChI is InChI=1S/C23H29F6N7O4S2/c1-13(2)18-19(37)31-5-6-34(18)11-15-12-35(42(39,40)17-4-3-16(30)41-17)7-8-36(15)20-32-9-14(10-33-20)21(38,22(24,25)26)23(27,28)29/h3-4,9-10,13,15,18,38H,5-8,11-12,30H2,1-2H3,(H,31,37)/t15-,18+/m0/s1. The summed E-state index contributed by atoms with van der Waals surface area (Å²) in [4.78, 5) is 23.4. The minimum Gasteiger partial charge on any atom is -0.391 e. The molecule has 11 nitrogen and oxygen atoms in total. The lowest BCUT2D eigenvalue weighted by molar-refractivity contribution is -0.376. The lowest BCUT2D eigenvalue weighted by Gasteiger charge is -2.45. The van der Waals surface area contributed by atoms with Crippen LogP contribution in [-0.4, -0.2) is 102 Å². The molecule has 0 unspecified atom stereocenters. The summed E-state index contributed by atoms with van der Waals surface area (Å²) < 4.78 is 108. The Balaban J connectivity index is 1.69. The van der Waals surface area contributed by atoms with Gasteiger partial charge in [0, 0.05) is 57.2 Å². The number of piperazine rings is 2. The number of nitrogens with one attached hydrogen (secondary N) is 1. The fraction of sp³-hybridized carbons (Fsp3) is 0.609. The van der Waals surface area contributed by atoms with Gasteiger partial charge in [0.05, 0.1) is 17.1 Å². The van der Waals surface area contributed by atoms with Crippen LogP contribution in [0.3, 0.4) is 0 Å². The minimum absolute atomic E-state index is 0.00352. The zero-order valence-electron chi connectivity index (χ0n) is 22.4. The van der Waals surface area contributed by atoms with E-state index in [0.29, 0.717) is 13.1 Å². The largest absolute Gasteiger partial charge is 0.430 e. The Hall–Kier alpha value is -2.74. The fourth-order valence-electron chi connectivity index (χ4n) is 5.14. The number of aromatic nitrogens is 2. The van der Waals surface area contributed by atoms with Gasteiger partial charge >= 0.3 is 12.4 Å². The maximum Gasteiger partial charge on any atom is 0.430 e. The molecule has 0 saturated carbocycles. The number of aliphatic hydroxyl groups is 1. The van der Waals surface area contributed by atoms with Gasteiger partial charge in [-0.1, -0.05) is 13.8 Å². The molecular formula is C23H29F6N7O4S2. The van der Waals surface area contributed by atoms with Crippen LogP contribution in [0.25, 0.3) is 0 Å². The van der Waals surface area contributed by atoms with Crippen LogP contribution in [0, 0.1) is 5.92 Å². The highest BCUT2D eigenvalue weighted by molar-refractivity contribution is 7.91. The number of alkyl halides is 6. The number of carbonyl (C=O) groups excluding carboxylic acids is 1. The highest BCUT2D eigenvalue weighted by Gasteiger charge is 2.71. The molecule has 234 valence electrons. The molecule has 0 aromatic carbocycles. The number of hydrogen-bond donors (Lipinski definition) is 3. The Morgan fingerprint density at radius 1 is 1.10 bits per heavy atom. The molecule has 0 bridgehead atoms. The monoisotopic (exact) mass is 645 g/mol. The molecule has 0 aliphatic carbocycles. The summed E-state index contributed by atoms with van der Waals surface area (Å²) in [5, 5.41) is 12.8. The summed E-state index contributed by atoms with van der Waals surface area (Å²) >= 11 is 0.874. The molecular weight excluding hydrogens is 616 g/mol. The first-order valence-electron chi connectivity index (χ1n) is 12.7. The second-order valence-corrected chi connectivity index (χ2v) is 13.6. The number of carbonyl (C=O) groups is 1. The number of rotatable bonds is 7. The molecule has 2 aliphatic heterocycles. The van der Waals surface area contributed by atoms with Crippen molar-refractivity contribution >= 4 is 38.2 Å². The van der Waals surface area contributed by atoms with E-state index in [-0.39, 0.29) is 65.6 Å². The fourth-order valence-corrected chi connectivity index (χ4v) is 7.86. The Kier molecular flexibility index (Phi) is 8.73. The van der Waals surface area contributed by atoms with E-state index in [1.165, 1.54) is 21.3 Å². The van der Waals surface area contributed by atoms with Crippen molar-refractivity contribution in [2.75, 3.05) is 49.9 Å². The summed E-state index contributed by atoms with van der Waals surface area (Å²) in [5.74, 6) is -0.624. The van der Waals surface area contributed by atoms with Crippen LogP contribution in [0.2, 0.25) is 0 Å². The predicted octanol–water partition coefficient (Wildman–Crippen LogP) is 1.77. The summed E-state index contributed by atoms with van der Waals surface area (Å²) in [6.45, 7) is 4.19. The van der Waals surface area contributed by atoms with Gasteiger partial charge in [-0.2, -0.15) is 30.6 Å². The third-order valence-electron chi connectivity index (χ3n) is 7.21. The van der Waals surface area contributed by atoms with Crippen molar-refractivity contribution in [1.29, 1.82) is 0 Å². The van der Waals surface area contributed by atoms with Gasteiger partial charge in [0.1, 0.15) is 4.21 Å². The van der Waals surface area contributed by atoms with Gasteiger partial charge in [0.2, 0.25) is 11.9 Å². The molecule has 0 radical (unpaired) electrons. The van der Waals surface area contributed by atoms with Crippen molar-refractivity contribution in [3.63, 3.8) is 0 Å². The summed E-state index contributed by atoms with van der Waals surface area (Å²) in [7, 11) is -4.00. The first-order chi connectivity index (χ1) is 19.4. The third kappa shape index (κ3) is 5.88. The third-order valence-corrected chi connectivity index (χ3v) is 10.5. The van der Waals surface area contributed by atoms with Crippen LogP contribution < -0.4 is 16.0 Å². The molecule has 4 heterocycles. The molecule has 2 aromatic heterocycles. The average Bonchev–Trinajstić information content (AvgIpc) is 3.34. The highest BCUT2D eigenvalue weighted by Crippen LogP contribution is 2.49. The van der Waals surface area contributed by atoms with E-state index in [4.69, 9.17) is 5.73 Å². The maximum absolute atomic E-state index is 13.4. The van der Waals surface area contributed by atoms with Crippen molar-refractivity contribution in [2.45, 2.75) is 48.1 Å². The quantitative estimate of drug-likeness (QED) is 0.384. The number of sulfonamides is 1. The van der Waals surface area contributed by atoms with Crippen LogP contribution in [0.1, 0.15) is 19.4 Å². The number of amides is 1. The Labute approximate surface area is 241 Å². The molecule has 1 amide bonds. The second kappa shape index (κ2) is 11.4. The van der Waals surface area contributed by atoms with Crippen LogP contribution >= 0.6 is 11.3 Å². The zero-order chi connectivity index (χ0) is 31.3. The SMILES string of the molecule is CC(C)[C@@H]1C(=O)NCCN1C[C@H]1CN(S(=O)(=O)c2ccc(N)s2)CCN1c1ncc(C(O)(C(F)(F)F)C(F)(F)F)cn1. The van der Waals surface area contributed by atoms with Crippen LogP contribution in [0.5, 0.6) is 0 Å². The summed E-state index contributed by atoms with van der Waals surface area (Å²) in [5.41, 5.74) is -1.10. The Morgan fingerprint density at radius 2 is 1.71 bits per heavy atom. The van der Waals surface area contributed by atoms with Crippen molar-refractivity contribution < 1.29 is 44.7 Å². The van der Waals surface area contributed by atoms with Crippen molar-refractivity contribution in [1.82, 2.24) is 24.5 Å². The molecule has 2 aliphatic rings. The lowest BCUT2D eigenvalue weighted by atomic mass is 9.95. The predicted molar refractivity (Wildman–Crippen MR) is 140 cm³/mol. The van der Waals surface area contributed by atoms with Crippen molar-refractivity contribution in [2.24, 2.45) is 5.92 Å². The molecule has 2 fully saturated rings. The smallest absolute Gasteiger partial charge is 0.391 e. The van der Waals surface area contributed by atoms with Crippen LogP contribution in [0.15, 0.2) is 28.7 Å². The molecule has 2 saturated heterocycles. The van der Waals surface area contributed by atoms with Crippen molar-refractivity contribution in [3.8, 4) is 0 Å². The second-order valence-electron chi connectivity index (χ2n) is 10.3. The Bertz CT molecular complexity index is 1370. The topological polar surface area (TPSA) is 145 Å². The van der Waals surface area contributed by atoms with Crippen LogP contribution in [0.4, 0.5) is 37.3 Å². The molecule has 42 heavy (non-hydrogen) atoms. The molecule has 19 heteroatoms. The summed E-state index contributed by atoms with van der Waals surface area (Å²) in [6.07, 6.45) is -11.7. The number of halogens is 6. The highest BCUT2D eigenvalue weighted by atomic mass is 32.2. The van der Waals surface area contributed by atoms with Crippen LogP contribution in [-0.2, 0) is 20.4 Å². The van der Waals surface area contributed by atoms with Gasteiger partial charge < -0.3 is 21.1 Å². The number of hydrogen-bond acceptors (Lipinski definition) is 10. The van der Waals surface area contributed by atoms with E-state index in [0.717, 1.165) is 11.3 Å². The zero-order valence-corrected chi connectivity index (χ0v) is 24.0. The van der Waals surface area contributed by atoms with Gasteiger partial charge in [-0.3, -0.25) is 9.69 Å². The normalized spacial score (nSPS) is 22.0. The van der Waals surface area contributed by atoms with E-state index < -0.39 is 45.6 Å². The van der Waals surface area contributed by atoms with Gasteiger partial charge in [0.15, 0.2) is 0 Å². The number of nitrogen functional groups attached to an aromatic ring is 1. The van der Waals surface area contributed by atoms with Crippen molar-refractivity contribution in [3.05, 3.63) is 30.1 Å². The first kappa shape index (κ1) is 32.2. The van der Waals surface area contributed by atoms with E-state index in [1.807, 2.05) is 18.7 Å². The number of thiophene rings is 1. The minimum atomic E-state index is -6.11. The average molecular weight is 646 g/mol. The van der Waals surface area contributed by atoms with E-state index in [9.17, 15) is 44.7 Å². The Morgan fingerprint density at radius 3 is 2.24 bits per heavy atom. The molecule has 0 spiro atoms. The summed E-state index contributed by atoms with van der Waals surface area (Å²) in [6, 6.07) is 1.49. The molecule has 2 aromatic rings. The number of nitrogens with zero attached hydrogens (tertiary/aromatic N) is 5. The van der Waals surface area contributed by atoms with Gasteiger partial charge in [0.25, 0.3) is 15.6 Å². The number of anilines is 2. The maximum atomic E-state index is 13.4. The van der Waals surface area contributed by atoms with Gasteiger partial charge in [-0.15, -0.1) is 11.3 Å². The van der Waals surface area contributed by atoms with Gasteiger partial charge in [-0.25, -0.2) is 18.4 Å².